The zero-order valence-electron chi connectivity index (χ0n) is 13.2. The molecule has 1 aromatic heterocycles. The summed E-state index contributed by atoms with van der Waals surface area (Å²) in [4.78, 5) is 15.4. The fraction of sp³-hybridized carbons (Fsp3) is 0.667. The van der Waals surface area contributed by atoms with Gasteiger partial charge in [0.1, 0.15) is 0 Å². The van der Waals surface area contributed by atoms with Crippen molar-refractivity contribution in [3.8, 4) is 0 Å². The monoisotopic (exact) mass is 277 g/mol. The standard InChI is InChI=1S/C15H24BNO3/c1-10(2)9-11-13(12(18)7-8-17-11)16-19-14(3,4)15(5,6)20-16/h7-8,10H,9H2,1-6H3,(H,17,18). The molecule has 0 aromatic carbocycles. The van der Waals surface area contributed by atoms with Gasteiger partial charge in [-0.1, -0.05) is 13.8 Å². The van der Waals surface area contributed by atoms with Crippen LogP contribution in [0.5, 0.6) is 0 Å². The Morgan fingerprint density at radius 3 is 2.25 bits per heavy atom. The minimum atomic E-state index is -0.598. The van der Waals surface area contributed by atoms with Crippen molar-refractivity contribution in [3.05, 3.63) is 28.2 Å². The molecule has 0 spiro atoms. The molecule has 1 saturated heterocycles. The van der Waals surface area contributed by atoms with Crippen molar-refractivity contribution in [3.63, 3.8) is 0 Å². The molecule has 5 heteroatoms. The van der Waals surface area contributed by atoms with E-state index in [9.17, 15) is 4.79 Å². The Morgan fingerprint density at radius 2 is 1.75 bits per heavy atom. The molecule has 0 atom stereocenters. The zero-order valence-corrected chi connectivity index (χ0v) is 13.2. The van der Waals surface area contributed by atoms with Crippen LogP contribution in [-0.4, -0.2) is 23.3 Å². The first-order valence-corrected chi connectivity index (χ1v) is 7.20. The lowest BCUT2D eigenvalue weighted by molar-refractivity contribution is 0.00578. The topological polar surface area (TPSA) is 51.3 Å². The van der Waals surface area contributed by atoms with Gasteiger partial charge in [-0.2, -0.15) is 0 Å². The normalized spacial score (nSPS) is 20.6. The summed E-state index contributed by atoms with van der Waals surface area (Å²) in [7, 11) is -0.598. The second kappa shape index (κ2) is 5.04. The van der Waals surface area contributed by atoms with Crippen molar-refractivity contribution in [1.82, 2.24) is 4.98 Å². The Kier molecular flexibility index (Phi) is 3.86. The van der Waals surface area contributed by atoms with Crippen molar-refractivity contribution < 1.29 is 9.31 Å². The summed E-state index contributed by atoms with van der Waals surface area (Å²) in [5, 5.41) is 0. The van der Waals surface area contributed by atoms with Gasteiger partial charge < -0.3 is 14.3 Å². The molecule has 0 aliphatic carbocycles. The molecule has 110 valence electrons. The lowest BCUT2D eigenvalue weighted by Crippen LogP contribution is -2.46. The van der Waals surface area contributed by atoms with E-state index in [1.54, 1.807) is 6.20 Å². The fourth-order valence-electron chi connectivity index (χ4n) is 2.33. The van der Waals surface area contributed by atoms with E-state index in [0.29, 0.717) is 11.4 Å². The molecular formula is C15H24BNO3. The first kappa shape index (κ1) is 15.3. The molecule has 0 unspecified atom stereocenters. The number of hydrogen-bond acceptors (Lipinski definition) is 3. The Labute approximate surface area is 121 Å². The molecule has 2 heterocycles. The van der Waals surface area contributed by atoms with Gasteiger partial charge in [-0.25, -0.2) is 0 Å². The highest BCUT2D eigenvalue weighted by molar-refractivity contribution is 6.62. The lowest BCUT2D eigenvalue weighted by Gasteiger charge is -2.32. The molecule has 0 saturated carbocycles. The van der Waals surface area contributed by atoms with E-state index in [-0.39, 0.29) is 5.43 Å². The summed E-state index contributed by atoms with van der Waals surface area (Å²) < 4.78 is 12.0. The summed E-state index contributed by atoms with van der Waals surface area (Å²) in [6.45, 7) is 12.2. The Bertz CT molecular complexity index is 532. The largest absolute Gasteiger partial charge is 0.500 e. The quantitative estimate of drug-likeness (QED) is 0.858. The maximum atomic E-state index is 12.3. The number of hydrogen-bond donors (Lipinski definition) is 1. The van der Waals surface area contributed by atoms with Gasteiger partial charge in [-0.3, -0.25) is 4.79 Å². The molecule has 1 N–H and O–H groups in total. The summed E-state index contributed by atoms with van der Waals surface area (Å²) in [5.41, 5.74) is 0.619. The average Bonchev–Trinajstić information content (AvgIpc) is 2.46. The minimum Gasteiger partial charge on any atom is -0.399 e. The number of rotatable bonds is 3. The van der Waals surface area contributed by atoms with Gasteiger partial charge >= 0.3 is 7.12 Å². The highest BCUT2D eigenvalue weighted by Crippen LogP contribution is 2.36. The van der Waals surface area contributed by atoms with E-state index in [2.05, 4.69) is 18.8 Å². The first-order chi connectivity index (χ1) is 9.14. The van der Waals surface area contributed by atoms with Crippen molar-refractivity contribution in [1.29, 1.82) is 0 Å². The number of H-pyrrole nitrogens is 1. The van der Waals surface area contributed by atoms with Crippen molar-refractivity contribution >= 4 is 12.6 Å². The average molecular weight is 277 g/mol. The molecule has 1 aliphatic heterocycles. The van der Waals surface area contributed by atoms with Crippen molar-refractivity contribution in [2.45, 2.75) is 59.2 Å². The lowest BCUT2D eigenvalue weighted by atomic mass is 9.76. The number of pyridine rings is 1. The second-order valence-electron chi connectivity index (χ2n) is 6.92. The van der Waals surface area contributed by atoms with Crippen LogP contribution in [0, 0.1) is 5.92 Å². The molecule has 1 fully saturated rings. The Balaban J connectivity index is 2.42. The molecule has 1 aromatic rings. The van der Waals surface area contributed by atoms with E-state index >= 15 is 0 Å². The minimum absolute atomic E-state index is 0.0297. The van der Waals surface area contributed by atoms with Gasteiger partial charge in [0, 0.05) is 23.4 Å². The smallest absolute Gasteiger partial charge is 0.399 e. The zero-order chi connectivity index (χ0) is 15.1. The van der Waals surface area contributed by atoms with Crippen LogP contribution in [-0.2, 0) is 15.7 Å². The van der Waals surface area contributed by atoms with Gasteiger partial charge in [-0.15, -0.1) is 0 Å². The van der Waals surface area contributed by atoms with Crippen LogP contribution < -0.4 is 10.9 Å². The third-order valence-electron chi connectivity index (χ3n) is 4.18. The van der Waals surface area contributed by atoms with Crippen LogP contribution in [0.15, 0.2) is 17.1 Å². The van der Waals surface area contributed by atoms with Gasteiger partial charge in [0.25, 0.3) is 0 Å². The summed E-state index contributed by atoms with van der Waals surface area (Å²) in [6, 6.07) is 1.53. The maximum absolute atomic E-state index is 12.3. The number of aromatic amines is 1. The van der Waals surface area contributed by atoms with E-state index in [0.717, 1.165) is 12.1 Å². The predicted molar refractivity (Wildman–Crippen MR) is 81.3 cm³/mol. The van der Waals surface area contributed by atoms with Crippen molar-refractivity contribution in [2.24, 2.45) is 5.92 Å². The molecule has 20 heavy (non-hydrogen) atoms. The maximum Gasteiger partial charge on any atom is 0.500 e. The summed E-state index contributed by atoms with van der Waals surface area (Å²) in [6.07, 6.45) is 2.49. The molecule has 0 bridgehead atoms. The third kappa shape index (κ3) is 2.70. The predicted octanol–water partition coefficient (Wildman–Crippen LogP) is 1.87. The van der Waals surface area contributed by atoms with E-state index in [1.807, 2.05) is 27.7 Å². The van der Waals surface area contributed by atoms with Crippen LogP contribution in [0.25, 0.3) is 0 Å². The van der Waals surface area contributed by atoms with Crippen LogP contribution in [0.3, 0.4) is 0 Å². The number of aromatic nitrogens is 1. The van der Waals surface area contributed by atoms with E-state index in [1.165, 1.54) is 6.07 Å². The molecule has 2 rings (SSSR count). The molecule has 4 nitrogen and oxygen atoms in total. The molecule has 0 radical (unpaired) electrons. The third-order valence-corrected chi connectivity index (χ3v) is 4.18. The summed E-state index contributed by atoms with van der Waals surface area (Å²) in [5.74, 6) is 0.453. The summed E-state index contributed by atoms with van der Waals surface area (Å²) >= 11 is 0. The van der Waals surface area contributed by atoms with Gasteiger partial charge in [0.15, 0.2) is 5.43 Å². The SMILES string of the molecule is CC(C)Cc1[nH]ccc(=O)c1B1OC(C)(C)C(C)(C)O1. The first-order valence-electron chi connectivity index (χ1n) is 7.20. The van der Waals surface area contributed by atoms with Crippen LogP contribution in [0.4, 0.5) is 0 Å². The van der Waals surface area contributed by atoms with Crippen LogP contribution >= 0.6 is 0 Å². The molecule has 1 aliphatic rings. The number of nitrogens with one attached hydrogen (secondary N) is 1. The van der Waals surface area contributed by atoms with E-state index < -0.39 is 18.3 Å². The molecular weight excluding hydrogens is 253 g/mol. The van der Waals surface area contributed by atoms with Crippen LogP contribution in [0.1, 0.15) is 47.2 Å². The Hall–Kier alpha value is -1.07. The molecule has 0 amide bonds. The van der Waals surface area contributed by atoms with Crippen molar-refractivity contribution in [2.75, 3.05) is 0 Å². The highest BCUT2D eigenvalue weighted by atomic mass is 16.7. The Morgan fingerprint density at radius 1 is 1.20 bits per heavy atom. The van der Waals surface area contributed by atoms with E-state index in [4.69, 9.17) is 9.31 Å². The van der Waals surface area contributed by atoms with Gasteiger partial charge in [0.2, 0.25) is 0 Å². The van der Waals surface area contributed by atoms with Crippen LogP contribution in [0.2, 0.25) is 0 Å². The second-order valence-corrected chi connectivity index (χ2v) is 6.92. The van der Waals surface area contributed by atoms with Gasteiger partial charge in [0.05, 0.1) is 11.2 Å². The fourth-order valence-corrected chi connectivity index (χ4v) is 2.33. The highest BCUT2D eigenvalue weighted by Gasteiger charge is 2.53. The van der Waals surface area contributed by atoms with Gasteiger partial charge in [-0.05, 0) is 40.0 Å².